The largest absolute Gasteiger partial charge is 0.497 e. The molecule has 0 spiro atoms. The van der Waals surface area contributed by atoms with Gasteiger partial charge < -0.3 is 10.1 Å². The van der Waals surface area contributed by atoms with E-state index in [-0.39, 0.29) is 17.8 Å². The Balaban J connectivity index is 0.00000156. The van der Waals surface area contributed by atoms with Gasteiger partial charge in [-0.15, -0.1) is 12.4 Å². The first-order chi connectivity index (χ1) is 10.5. The first-order valence-electron chi connectivity index (χ1n) is 9.04. The Bertz CT molecular complexity index is 588. The van der Waals surface area contributed by atoms with Crippen LogP contribution in [-0.2, 0) is 11.8 Å². The van der Waals surface area contributed by atoms with Gasteiger partial charge in [0.2, 0.25) is 0 Å². The molecule has 1 N–H and O–H groups in total. The van der Waals surface area contributed by atoms with Crippen LogP contribution >= 0.6 is 12.4 Å². The van der Waals surface area contributed by atoms with E-state index in [1.165, 1.54) is 43.2 Å². The zero-order chi connectivity index (χ0) is 15.4. The molecule has 1 saturated heterocycles. The molecule has 1 saturated carbocycles. The summed E-state index contributed by atoms with van der Waals surface area (Å²) in [6, 6.07) is 6.53. The molecule has 3 aliphatic rings. The summed E-state index contributed by atoms with van der Waals surface area (Å²) in [4.78, 5) is 0. The topological polar surface area (TPSA) is 21.3 Å². The number of halogens is 1. The Kier molecular flexibility index (Phi) is 2.86. The number of hydrogen-bond acceptors (Lipinski definition) is 2. The average molecular weight is 297 g/mol. The molecular formula is C17H24ClNO. The summed E-state index contributed by atoms with van der Waals surface area (Å²) in [7, 11) is -2.37. The van der Waals surface area contributed by atoms with Crippen LogP contribution in [0, 0.1) is 5.92 Å². The van der Waals surface area contributed by atoms with E-state index in [9.17, 15) is 0 Å². The molecule has 4 rings (SSSR count). The molecule has 20 heavy (non-hydrogen) atoms. The van der Waals surface area contributed by atoms with Crippen molar-refractivity contribution in [1.82, 2.24) is 5.32 Å². The highest BCUT2D eigenvalue weighted by Crippen LogP contribution is 2.54. The van der Waals surface area contributed by atoms with Crippen LogP contribution < -0.4 is 10.1 Å². The number of hydrogen-bond donors (Lipinski definition) is 1. The van der Waals surface area contributed by atoms with Crippen molar-refractivity contribution < 1.29 is 8.85 Å². The zero-order valence-corrected chi connectivity index (χ0v) is 12.5. The third-order valence-corrected chi connectivity index (χ3v) is 5.74. The molecule has 2 nitrogen and oxygen atoms in total. The van der Waals surface area contributed by atoms with Crippen molar-refractivity contribution in [1.29, 1.82) is 0 Å². The van der Waals surface area contributed by atoms with E-state index >= 15 is 0 Å². The van der Waals surface area contributed by atoms with E-state index in [0.29, 0.717) is 17.7 Å². The van der Waals surface area contributed by atoms with Crippen LogP contribution in [-0.4, -0.2) is 19.6 Å². The van der Waals surface area contributed by atoms with Gasteiger partial charge in [-0.25, -0.2) is 0 Å². The molecule has 110 valence electrons. The Hall–Kier alpha value is -0.730. The molecule has 2 fully saturated rings. The highest BCUT2D eigenvalue weighted by molar-refractivity contribution is 5.85. The fraction of sp³-hybridized carbons (Fsp3) is 0.647. The van der Waals surface area contributed by atoms with Gasteiger partial charge in [-0.1, -0.05) is 18.9 Å². The number of methoxy groups -OCH3 is 1. The fourth-order valence-electron chi connectivity index (χ4n) is 4.97. The standard InChI is InChI=1S/C17H23NO.ClH/c1-19-13-6-5-12-10-16-14-4-2-3-7-17(14,8-9-18-16)15(12)11-13;/h5-6,11,14,16,18H,2-4,7-10H2,1H3;1H/i1D3;. The van der Waals surface area contributed by atoms with Crippen molar-refractivity contribution in [2.45, 2.75) is 50.0 Å². The summed E-state index contributed by atoms with van der Waals surface area (Å²) < 4.78 is 27.2. The highest BCUT2D eigenvalue weighted by atomic mass is 35.5. The zero-order valence-electron chi connectivity index (χ0n) is 14.7. The predicted octanol–water partition coefficient (Wildman–Crippen LogP) is 3.46. The van der Waals surface area contributed by atoms with Gasteiger partial charge in [0, 0.05) is 11.5 Å². The fourth-order valence-corrected chi connectivity index (χ4v) is 4.97. The number of rotatable bonds is 1. The lowest BCUT2D eigenvalue weighted by atomic mass is 9.53. The minimum absolute atomic E-state index is 0. The lowest BCUT2D eigenvalue weighted by Crippen LogP contribution is -2.59. The van der Waals surface area contributed by atoms with Crippen molar-refractivity contribution >= 4 is 12.4 Å². The van der Waals surface area contributed by atoms with Crippen molar-refractivity contribution in [2.24, 2.45) is 5.92 Å². The second-order valence-electron chi connectivity index (χ2n) is 6.44. The van der Waals surface area contributed by atoms with Crippen LogP contribution in [0.2, 0.25) is 0 Å². The Morgan fingerprint density at radius 3 is 3.20 bits per heavy atom. The number of benzene rings is 1. The first kappa shape index (κ1) is 10.9. The third kappa shape index (κ3) is 1.88. The molecule has 2 bridgehead atoms. The second-order valence-corrected chi connectivity index (χ2v) is 6.44. The Labute approximate surface area is 131 Å². The van der Waals surface area contributed by atoms with Gasteiger partial charge in [-0.3, -0.25) is 0 Å². The van der Waals surface area contributed by atoms with Gasteiger partial charge in [0.15, 0.2) is 0 Å². The SMILES string of the molecule is Cl.[2H]C([2H])([2H])Oc1ccc2c(c1)C13CCCCC1C(C2)NCC3. The maximum Gasteiger partial charge on any atom is 0.119 e. The van der Waals surface area contributed by atoms with Crippen molar-refractivity contribution in [3.05, 3.63) is 29.3 Å². The number of piperidine rings is 1. The van der Waals surface area contributed by atoms with Gasteiger partial charge in [0.05, 0.1) is 11.2 Å². The van der Waals surface area contributed by atoms with E-state index in [4.69, 9.17) is 8.85 Å². The van der Waals surface area contributed by atoms with Gasteiger partial charge >= 0.3 is 0 Å². The van der Waals surface area contributed by atoms with E-state index in [1.807, 2.05) is 12.1 Å². The number of fused-ring (bicyclic) bond motifs is 1. The Morgan fingerprint density at radius 2 is 2.30 bits per heavy atom. The van der Waals surface area contributed by atoms with Crippen LogP contribution in [0.1, 0.15) is 47.3 Å². The first-order valence-corrected chi connectivity index (χ1v) is 7.54. The number of ether oxygens (including phenoxy) is 1. The molecule has 0 radical (unpaired) electrons. The predicted molar refractivity (Wildman–Crippen MR) is 84.0 cm³/mol. The highest BCUT2D eigenvalue weighted by Gasteiger charge is 2.51. The molecular weight excluding hydrogens is 270 g/mol. The molecule has 1 aromatic rings. The van der Waals surface area contributed by atoms with E-state index in [1.54, 1.807) is 0 Å². The molecule has 3 heteroatoms. The molecule has 1 aliphatic heterocycles. The van der Waals surface area contributed by atoms with Gasteiger partial charge in [0.25, 0.3) is 0 Å². The molecule has 0 aromatic heterocycles. The minimum Gasteiger partial charge on any atom is -0.497 e. The second kappa shape index (κ2) is 5.23. The van der Waals surface area contributed by atoms with E-state index in [0.717, 1.165) is 13.0 Å². The molecule has 1 aromatic carbocycles. The molecule has 3 unspecified atom stereocenters. The summed E-state index contributed by atoms with van der Waals surface area (Å²) in [6.45, 7) is 1.07. The van der Waals surface area contributed by atoms with Crippen LogP contribution in [0.15, 0.2) is 18.2 Å². The van der Waals surface area contributed by atoms with Crippen LogP contribution in [0.5, 0.6) is 5.75 Å². The molecule has 2 aliphatic carbocycles. The summed E-state index contributed by atoms with van der Waals surface area (Å²) in [6.07, 6.45) is 7.37. The quantitative estimate of drug-likeness (QED) is 0.857. The van der Waals surface area contributed by atoms with Gasteiger partial charge in [-0.05, 0) is 61.4 Å². The lowest BCUT2D eigenvalue weighted by molar-refractivity contribution is 0.0795. The normalized spacial score (nSPS) is 37.3. The summed E-state index contributed by atoms with van der Waals surface area (Å²) in [5.41, 5.74) is 3.00. The summed E-state index contributed by atoms with van der Waals surface area (Å²) in [5.74, 6) is 1.19. The van der Waals surface area contributed by atoms with Gasteiger partial charge in [-0.2, -0.15) is 0 Å². The Morgan fingerprint density at radius 1 is 1.35 bits per heavy atom. The smallest absolute Gasteiger partial charge is 0.119 e. The van der Waals surface area contributed by atoms with Crippen LogP contribution in [0.3, 0.4) is 0 Å². The van der Waals surface area contributed by atoms with E-state index in [2.05, 4.69) is 11.4 Å². The van der Waals surface area contributed by atoms with Crippen molar-refractivity contribution in [2.75, 3.05) is 13.6 Å². The summed E-state index contributed by atoms with van der Waals surface area (Å²) >= 11 is 0. The molecule has 1 heterocycles. The van der Waals surface area contributed by atoms with Crippen molar-refractivity contribution in [3.63, 3.8) is 0 Å². The van der Waals surface area contributed by atoms with Crippen LogP contribution in [0.25, 0.3) is 0 Å². The molecule has 0 amide bonds. The average Bonchev–Trinajstić information content (AvgIpc) is 2.46. The monoisotopic (exact) mass is 296 g/mol. The maximum atomic E-state index is 7.33. The van der Waals surface area contributed by atoms with Crippen LogP contribution in [0.4, 0.5) is 0 Å². The lowest BCUT2D eigenvalue weighted by Gasteiger charge is -2.56. The van der Waals surface area contributed by atoms with Crippen molar-refractivity contribution in [3.8, 4) is 5.75 Å². The van der Waals surface area contributed by atoms with E-state index < -0.39 is 7.04 Å². The summed E-state index contributed by atoms with van der Waals surface area (Å²) in [5, 5.41) is 3.72. The maximum absolute atomic E-state index is 7.33. The minimum atomic E-state index is -2.37. The molecule has 3 atom stereocenters. The third-order valence-electron chi connectivity index (χ3n) is 5.74. The number of nitrogens with one attached hydrogen (secondary N) is 1. The van der Waals surface area contributed by atoms with Gasteiger partial charge in [0.1, 0.15) is 5.75 Å².